The largest absolute Gasteiger partial charge is 0.493 e. The van der Waals surface area contributed by atoms with Crippen LogP contribution < -0.4 is 4.74 Å². The van der Waals surface area contributed by atoms with Crippen LogP contribution in [0.4, 0.5) is 5.69 Å². The molecule has 24 heavy (non-hydrogen) atoms. The SMILES string of the molecule is Cn1c(O)c(N=NC(=O)COc2cccc(Cl)c2)c2ccccc21. The second-order valence-corrected chi connectivity index (χ2v) is 5.52. The fraction of sp³-hybridized carbons (Fsp3) is 0.118. The summed E-state index contributed by atoms with van der Waals surface area (Å²) in [7, 11) is 1.71. The molecule has 3 aromatic rings. The number of rotatable bonds is 4. The third-order valence-corrected chi connectivity index (χ3v) is 3.71. The first kappa shape index (κ1) is 16.0. The standard InChI is InChI=1S/C17H14ClN3O3/c1-21-14-8-3-2-7-13(14)16(17(21)23)20-19-15(22)10-24-12-6-4-5-11(18)9-12/h2-9,23H,10H2,1H3. The van der Waals surface area contributed by atoms with Crippen LogP contribution in [0.1, 0.15) is 0 Å². The van der Waals surface area contributed by atoms with Crippen molar-refractivity contribution in [1.82, 2.24) is 4.57 Å². The Morgan fingerprint density at radius 3 is 2.83 bits per heavy atom. The number of aromatic hydroxyl groups is 1. The van der Waals surface area contributed by atoms with Gasteiger partial charge in [0.2, 0.25) is 5.88 Å². The number of nitrogens with zero attached hydrogens (tertiary/aromatic N) is 3. The number of ether oxygens (including phenoxy) is 1. The van der Waals surface area contributed by atoms with Gasteiger partial charge in [0.15, 0.2) is 12.3 Å². The molecule has 0 fully saturated rings. The van der Waals surface area contributed by atoms with Crippen molar-refractivity contribution in [2.24, 2.45) is 17.3 Å². The van der Waals surface area contributed by atoms with Gasteiger partial charge in [0.1, 0.15) is 5.75 Å². The molecule has 7 heteroatoms. The van der Waals surface area contributed by atoms with Crippen molar-refractivity contribution in [3.63, 3.8) is 0 Å². The molecule has 122 valence electrons. The first-order chi connectivity index (χ1) is 11.6. The van der Waals surface area contributed by atoms with Crippen molar-refractivity contribution in [2.75, 3.05) is 6.61 Å². The van der Waals surface area contributed by atoms with E-state index in [0.29, 0.717) is 16.2 Å². The van der Waals surface area contributed by atoms with Gasteiger partial charge < -0.3 is 14.4 Å². The highest BCUT2D eigenvalue weighted by Crippen LogP contribution is 2.37. The molecule has 0 saturated carbocycles. The summed E-state index contributed by atoms with van der Waals surface area (Å²) in [5.41, 5.74) is 1.05. The maximum absolute atomic E-state index is 11.8. The maximum atomic E-state index is 11.8. The molecule has 6 nitrogen and oxygen atoms in total. The molecular weight excluding hydrogens is 330 g/mol. The lowest BCUT2D eigenvalue weighted by atomic mass is 10.2. The first-order valence-corrected chi connectivity index (χ1v) is 7.53. The number of aryl methyl sites for hydroxylation is 1. The van der Waals surface area contributed by atoms with Gasteiger partial charge >= 0.3 is 5.91 Å². The van der Waals surface area contributed by atoms with Crippen LogP contribution in [-0.4, -0.2) is 22.2 Å². The fourth-order valence-electron chi connectivity index (χ4n) is 2.29. The molecular formula is C17H14ClN3O3. The fourth-order valence-corrected chi connectivity index (χ4v) is 2.48. The quantitative estimate of drug-likeness (QED) is 0.720. The number of carbonyl (C=O) groups excluding carboxylic acids is 1. The number of benzene rings is 2. The van der Waals surface area contributed by atoms with Crippen LogP contribution in [-0.2, 0) is 11.8 Å². The molecule has 0 aliphatic heterocycles. The van der Waals surface area contributed by atoms with Crippen LogP contribution in [0.3, 0.4) is 0 Å². The predicted octanol–water partition coefficient (Wildman–Crippen LogP) is 4.23. The van der Waals surface area contributed by atoms with E-state index < -0.39 is 5.91 Å². The molecule has 0 bridgehead atoms. The molecule has 0 unspecified atom stereocenters. The minimum atomic E-state index is -0.567. The van der Waals surface area contributed by atoms with Gasteiger partial charge in [0.05, 0.1) is 5.52 Å². The molecule has 0 radical (unpaired) electrons. The third kappa shape index (κ3) is 3.23. The van der Waals surface area contributed by atoms with E-state index in [9.17, 15) is 9.90 Å². The summed E-state index contributed by atoms with van der Waals surface area (Å²) in [6, 6.07) is 14.0. The monoisotopic (exact) mass is 343 g/mol. The highest BCUT2D eigenvalue weighted by molar-refractivity contribution is 6.30. The second kappa shape index (κ2) is 6.72. The Morgan fingerprint density at radius 2 is 2.04 bits per heavy atom. The molecule has 0 aliphatic rings. The Morgan fingerprint density at radius 1 is 1.25 bits per heavy atom. The van der Waals surface area contributed by atoms with E-state index in [-0.39, 0.29) is 18.2 Å². The molecule has 1 aromatic heterocycles. The van der Waals surface area contributed by atoms with Gasteiger partial charge in [0, 0.05) is 17.5 Å². The Bertz CT molecular complexity index is 934. The van der Waals surface area contributed by atoms with Crippen molar-refractivity contribution in [1.29, 1.82) is 0 Å². The minimum Gasteiger partial charge on any atom is -0.493 e. The Kier molecular flexibility index (Phi) is 4.48. The molecule has 0 aliphatic carbocycles. The Labute approximate surface area is 143 Å². The number of hydrogen-bond acceptors (Lipinski definition) is 4. The molecule has 1 amide bonds. The number of amides is 1. The summed E-state index contributed by atoms with van der Waals surface area (Å²) in [4.78, 5) is 11.8. The van der Waals surface area contributed by atoms with E-state index in [4.69, 9.17) is 16.3 Å². The van der Waals surface area contributed by atoms with E-state index >= 15 is 0 Å². The average molecular weight is 344 g/mol. The number of aromatic nitrogens is 1. The van der Waals surface area contributed by atoms with Gasteiger partial charge in [0.25, 0.3) is 0 Å². The molecule has 1 N–H and O–H groups in total. The summed E-state index contributed by atoms with van der Waals surface area (Å²) in [5.74, 6) is -0.148. The second-order valence-electron chi connectivity index (χ2n) is 5.09. The smallest absolute Gasteiger partial charge is 0.302 e. The highest BCUT2D eigenvalue weighted by atomic mass is 35.5. The van der Waals surface area contributed by atoms with E-state index in [0.717, 1.165) is 5.52 Å². The van der Waals surface area contributed by atoms with E-state index in [1.165, 1.54) is 0 Å². The van der Waals surface area contributed by atoms with Gasteiger partial charge in [-0.15, -0.1) is 10.2 Å². The lowest BCUT2D eigenvalue weighted by molar-refractivity contribution is -0.120. The van der Waals surface area contributed by atoms with E-state index in [1.54, 1.807) is 41.9 Å². The van der Waals surface area contributed by atoms with E-state index in [1.807, 2.05) is 18.2 Å². The molecule has 3 rings (SSSR count). The predicted molar refractivity (Wildman–Crippen MR) is 91.1 cm³/mol. The van der Waals surface area contributed by atoms with Crippen LogP contribution in [0.2, 0.25) is 5.02 Å². The maximum Gasteiger partial charge on any atom is 0.302 e. The van der Waals surface area contributed by atoms with Crippen LogP contribution in [0.15, 0.2) is 58.8 Å². The van der Waals surface area contributed by atoms with Gasteiger partial charge in [-0.25, -0.2) is 0 Å². The number of halogens is 1. The third-order valence-electron chi connectivity index (χ3n) is 3.47. The van der Waals surface area contributed by atoms with Crippen molar-refractivity contribution in [2.45, 2.75) is 0 Å². The van der Waals surface area contributed by atoms with Gasteiger partial charge in [-0.3, -0.25) is 4.79 Å². The summed E-state index contributed by atoms with van der Waals surface area (Å²) < 4.78 is 6.88. The van der Waals surface area contributed by atoms with Crippen molar-refractivity contribution >= 4 is 34.1 Å². The van der Waals surface area contributed by atoms with Crippen LogP contribution >= 0.6 is 11.6 Å². The van der Waals surface area contributed by atoms with Crippen molar-refractivity contribution in [3.05, 3.63) is 53.6 Å². The first-order valence-electron chi connectivity index (χ1n) is 7.15. The van der Waals surface area contributed by atoms with Crippen LogP contribution in [0.5, 0.6) is 11.6 Å². The zero-order valence-electron chi connectivity index (χ0n) is 12.8. The Hall–Kier alpha value is -2.86. The zero-order chi connectivity index (χ0) is 17.1. The summed E-state index contributed by atoms with van der Waals surface area (Å²) in [6.07, 6.45) is 0. The molecule has 1 heterocycles. The highest BCUT2D eigenvalue weighted by Gasteiger charge is 2.14. The average Bonchev–Trinajstić information content (AvgIpc) is 2.83. The van der Waals surface area contributed by atoms with E-state index in [2.05, 4.69) is 10.2 Å². The number of hydrogen-bond donors (Lipinski definition) is 1. The summed E-state index contributed by atoms with van der Waals surface area (Å²) >= 11 is 5.84. The normalized spacial score (nSPS) is 11.2. The molecule has 0 atom stereocenters. The van der Waals surface area contributed by atoms with Crippen molar-refractivity contribution in [3.8, 4) is 11.6 Å². The molecule has 0 saturated heterocycles. The summed E-state index contributed by atoms with van der Waals surface area (Å²) in [6.45, 7) is -0.268. The van der Waals surface area contributed by atoms with Crippen LogP contribution in [0, 0.1) is 0 Å². The molecule has 0 spiro atoms. The zero-order valence-corrected chi connectivity index (χ0v) is 13.6. The molecule has 2 aromatic carbocycles. The van der Waals surface area contributed by atoms with Crippen molar-refractivity contribution < 1.29 is 14.6 Å². The van der Waals surface area contributed by atoms with Gasteiger partial charge in [-0.2, -0.15) is 0 Å². The summed E-state index contributed by atoms with van der Waals surface area (Å²) in [5, 5.41) is 18.8. The number of para-hydroxylation sites is 1. The number of azo groups is 1. The minimum absolute atomic E-state index is 0.0523. The topological polar surface area (TPSA) is 76.2 Å². The number of carbonyl (C=O) groups is 1. The van der Waals surface area contributed by atoms with Gasteiger partial charge in [-0.05, 0) is 24.3 Å². The lowest BCUT2D eigenvalue weighted by Gasteiger charge is -2.02. The van der Waals surface area contributed by atoms with Crippen LogP contribution in [0.25, 0.3) is 10.9 Å². The lowest BCUT2D eigenvalue weighted by Crippen LogP contribution is -2.07. The van der Waals surface area contributed by atoms with Gasteiger partial charge in [-0.1, -0.05) is 35.9 Å². The number of fused-ring (bicyclic) bond motifs is 1. The Balaban J connectivity index is 1.74.